The molecule has 0 radical (unpaired) electrons. The number of benzene rings is 1. The minimum Gasteiger partial charge on any atom is -0.478 e. The average molecular weight is 303 g/mol. The minimum atomic E-state index is -3.76. The van der Waals surface area contributed by atoms with Crippen molar-refractivity contribution in [3.8, 4) is 0 Å². The number of carbonyl (C=O) groups is 1. The Morgan fingerprint density at radius 3 is 2.74 bits per heavy atom. The van der Waals surface area contributed by atoms with Crippen LogP contribution >= 0.6 is 11.6 Å². The second kappa shape index (κ2) is 4.98. The molecule has 19 heavy (non-hydrogen) atoms. The summed E-state index contributed by atoms with van der Waals surface area (Å²) in [5, 5.41) is 12.3. The molecule has 0 atom stereocenters. The van der Waals surface area contributed by atoms with E-state index in [1.165, 1.54) is 12.1 Å². The Kier molecular flexibility index (Phi) is 3.54. The molecule has 2 aromatic rings. The second-order valence-corrected chi connectivity index (χ2v) is 5.95. The highest BCUT2D eigenvalue weighted by molar-refractivity contribution is 7.90. The molecule has 0 aliphatic carbocycles. The number of aromatic carboxylic acids is 1. The Balaban J connectivity index is 2.41. The molecule has 7 nitrogen and oxygen atoms in total. The number of nitrogens with zero attached hydrogens (tertiary/aromatic N) is 2. The normalized spacial score (nSPS) is 11.4. The van der Waals surface area contributed by atoms with Gasteiger partial charge < -0.3 is 9.63 Å². The van der Waals surface area contributed by atoms with Crippen LogP contribution < -0.4 is 0 Å². The first-order valence-corrected chi connectivity index (χ1v) is 6.94. The molecular formula is C10H7ClN2O5S. The van der Waals surface area contributed by atoms with Gasteiger partial charge in [0.2, 0.25) is 6.39 Å². The average Bonchev–Trinajstić information content (AvgIpc) is 2.80. The third-order valence-electron chi connectivity index (χ3n) is 2.25. The molecule has 100 valence electrons. The summed E-state index contributed by atoms with van der Waals surface area (Å²) in [6.07, 6.45) is 1.01. The summed E-state index contributed by atoms with van der Waals surface area (Å²) in [4.78, 5) is 14.3. The van der Waals surface area contributed by atoms with Gasteiger partial charge >= 0.3 is 5.97 Å². The molecule has 9 heteroatoms. The topological polar surface area (TPSA) is 110 Å². The maximum atomic E-state index is 12.0. The lowest BCUT2D eigenvalue weighted by atomic mass is 10.2. The lowest BCUT2D eigenvalue weighted by Crippen LogP contribution is -2.08. The lowest BCUT2D eigenvalue weighted by Gasteiger charge is -2.04. The number of hydrogen-bond donors (Lipinski definition) is 1. The zero-order valence-electron chi connectivity index (χ0n) is 9.28. The number of aromatic nitrogens is 2. The van der Waals surface area contributed by atoms with Gasteiger partial charge in [0.1, 0.15) is 5.75 Å². The fraction of sp³-hybridized carbons (Fsp3) is 0.100. The minimum absolute atomic E-state index is 0.00757. The summed E-state index contributed by atoms with van der Waals surface area (Å²) in [6, 6.07) is 3.44. The van der Waals surface area contributed by atoms with Gasteiger partial charge in [-0.15, -0.1) is 0 Å². The van der Waals surface area contributed by atoms with E-state index in [2.05, 4.69) is 14.7 Å². The largest absolute Gasteiger partial charge is 0.478 e. The first-order valence-electron chi connectivity index (χ1n) is 4.91. The van der Waals surface area contributed by atoms with E-state index in [0.717, 1.165) is 12.5 Å². The smallest absolute Gasteiger partial charge is 0.337 e. The zero-order valence-corrected chi connectivity index (χ0v) is 10.8. The molecule has 0 unspecified atom stereocenters. The van der Waals surface area contributed by atoms with Crippen molar-refractivity contribution in [3.05, 3.63) is 41.0 Å². The predicted molar refractivity (Wildman–Crippen MR) is 63.6 cm³/mol. The van der Waals surface area contributed by atoms with Crippen LogP contribution in [0.3, 0.4) is 0 Å². The molecule has 1 N–H and O–H groups in total. The number of hydrogen-bond acceptors (Lipinski definition) is 6. The van der Waals surface area contributed by atoms with E-state index in [1.54, 1.807) is 0 Å². The van der Waals surface area contributed by atoms with Crippen molar-refractivity contribution >= 4 is 27.4 Å². The van der Waals surface area contributed by atoms with E-state index in [-0.39, 0.29) is 21.3 Å². The van der Waals surface area contributed by atoms with Crippen LogP contribution in [-0.4, -0.2) is 29.6 Å². The number of rotatable bonds is 4. The van der Waals surface area contributed by atoms with Crippen LogP contribution in [0, 0.1) is 0 Å². The summed E-state index contributed by atoms with van der Waals surface area (Å²) < 4.78 is 28.5. The second-order valence-electron chi connectivity index (χ2n) is 3.55. The van der Waals surface area contributed by atoms with Gasteiger partial charge in [0, 0.05) is 0 Å². The lowest BCUT2D eigenvalue weighted by molar-refractivity contribution is 0.0697. The zero-order chi connectivity index (χ0) is 14.0. The Morgan fingerprint density at radius 1 is 1.42 bits per heavy atom. The Hall–Kier alpha value is -1.93. The number of carboxylic acids is 1. The first kappa shape index (κ1) is 13.5. The van der Waals surface area contributed by atoms with E-state index < -0.39 is 21.6 Å². The van der Waals surface area contributed by atoms with Crippen molar-refractivity contribution in [3.63, 3.8) is 0 Å². The summed E-state index contributed by atoms with van der Waals surface area (Å²) >= 11 is 5.67. The molecule has 2 rings (SSSR count). The Morgan fingerprint density at radius 2 is 2.16 bits per heavy atom. The fourth-order valence-electron chi connectivity index (χ4n) is 1.37. The van der Waals surface area contributed by atoms with Gasteiger partial charge in [0.15, 0.2) is 15.7 Å². The molecule has 1 aromatic carbocycles. The molecule has 0 bridgehead atoms. The van der Waals surface area contributed by atoms with Crippen LogP contribution in [0.25, 0.3) is 0 Å². The van der Waals surface area contributed by atoms with E-state index in [1.807, 2.05) is 0 Å². The number of carboxylic acid groups (broad SMARTS) is 1. The monoisotopic (exact) mass is 302 g/mol. The molecular weight excluding hydrogens is 296 g/mol. The predicted octanol–water partition coefficient (Wildman–Crippen LogP) is 1.40. The van der Waals surface area contributed by atoms with E-state index in [4.69, 9.17) is 16.7 Å². The van der Waals surface area contributed by atoms with E-state index >= 15 is 0 Å². The summed E-state index contributed by atoms with van der Waals surface area (Å²) in [7, 11) is -3.76. The van der Waals surface area contributed by atoms with Gasteiger partial charge in [-0.1, -0.05) is 16.8 Å². The summed E-state index contributed by atoms with van der Waals surface area (Å²) in [6.45, 7) is 0. The molecule has 0 saturated carbocycles. The van der Waals surface area contributed by atoms with Gasteiger partial charge in [0.25, 0.3) is 0 Å². The Labute approximate surface area is 112 Å². The van der Waals surface area contributed by atoms with Crippen molar-refractivity contribution in [2.45, 2.75) is 10.6 Å². The first-order chi connectivity index (χ1) is 8.90. The standard InChI is InChI=1S/C10H7ClN2O5S/c11-8-2-1-6(3-7(8)10(14)15)19(16,17)4-9-12-5-18-13-9/h1-3,5H,4H2,(H,14,15). The third-order valence-corrected chi connectivity index (χ3v) is 4.19. The quantitative estimate of drug-likeness (QED) is 0.908. The van der Waals surface area contributed by atoms with Crippen LogP contribution in [0.4, 0.5) is 0 Å². The number of sulfone groups is 1. The Bertz CT molecular complexity index is 712. The highest BCUT2D eigenvalue weighted by atomic mass is 35.5. The van der Waals surface area contributed by atoms with Crippen molar-refractivity contribution in [1.29, 1.82) is 0 Å². The van der Waals surface area contributed by atoms with Crippen LogP contribution in [0.15, 0.2) is 34.0 Å². The summed E-state index contributed by atoms with van der Waals surface area (Å²) in [5.41, 5.74) is -0.282. The van der Waals surface area contributed by atoms with Gasteiger partial charge in [-0.2, -0.15) is 4.98 Å². The maximum absolute atomic E-state index is 12.0. The van der Waals surface area contributed by atoms with E-state index in [9.17, 15) is 13.2 Å². The van der Waals surface area contributed by atoms with Gasteiger partial charge in [-0.25, -0.2) is 13.2 Å². The SMILES string of the molecule is O=C(O)c1cc(S(=O)(=O)Cc2ncon2)ccc1Cl. The molecule has 0 fully saturated rings. The van der Waals surface area contributed by atoms with Crippen LogP contribution in [0.2, 0.25) is 5.02 Å². The van der Waals surface area contributed by atoms with Crippen LogP contribution in [0.1, 0.15) is 16.2 Å². The van der Waals surface area contributed by atoms with Crippen molar-refractivity contribution in [2.75, 3.05) is 0 Å². The maximum Gasteiger partial charge on any atom is 0.337 e. The van der Waals surface area contributed by atoms with Gasteiger partial charge in [-0.05, 0) is 18.2 Å². The van der Waals surface area contributed by atoms with Gasteiger partial charge in [0.05, 0.1) is 15.5 Å². The van der Waals surface area contributed by atoms with Crippen molar-refractivity contribution < 1.29 is 22.8 Å². The molecule has 0 spiro atoms. The molecule has 1 aromatic heterocycles. The highest BCUT2D eigenvalue weighted by Gasteiger charge is 2.21. The van der Waals surface area contributed by atoms with Crippen LogP contribution in [-0.2, 0) is 15.6 Å². The number of halogens is 1. The molecule has 0 aliphatic heterocycles. The van der Waals surface area contributed by atoms with Crippen LogP contribution in [0.5, 0.6) is 0 Å². The molecule has 0 aliphatic rings. The van der Waals surface area contributed by atoms with Gasteiger partial charge in [-0.3, -0.25) is 0 Å². The third kappa shape index (κ3) is 2.91. The van der Waals surface area contributed by atoms with Crippen molar-refractivity contribution in [2.24, 2.45) is 0 Å². The summed E-state index contributed by atoms with van der Waals surface area (Å²) in [5.74, 6) is -1.79. The van der Waals surface area contributed by atoms with Crippen molar-refractivity contribution in [1.82, 2.24) is 10.1 Å². The fourth-order valence-corrected chi connectivity index (χ4v) is 2.78. The van der Waals surface area contributed by atoms with E-state index in [0.29, 0.717) is 0 Å². The highest BCUT2D eigenvalue weighted by Crippen LogP contribution is 2.22. The molecule has 0 amide bonds. The molecule has 1 heterocycles. The molecule has 0 saturated heterocycles.